The summed E-state index contributed by atoms with van der Waals surface area (Å²) in [5.41, 5.74) is 0.549. The van der Waals surface area contributed by atoms with Gasteiger partial charge in [0.05, 0.1) is 25.5 Å². The van der Waals surface area contributed by atoms with E-state index in [1.807, 2.05) is 0 Å². The Morgan fingerprint density at radius 2 is 2.10 bits per heavy atom. The van der Waals surface area contributed by atoms with Crippen molar-refractivity contribution < 1.29 is 19.1 Å². The van der Waals surface area contributed by atoms with E-state index in [0.29, 0.717) is 27.0 Å². The molecule has 2 rings (SSSR count). The molecule has 0 N–H and O–H groups in total. The molecule has 0 amide bonds. The Balaban J connectivity index is 2.12. The number of nitrogens with zero attached hydrogens (tertiary/aromatic N) is 1. The Morgan fingerprint density at radius 3 is 2.71 bits per heavy atom. The number of carbonyl (C=O) groups is 1. The quantitative estimate of drug-likeness (QED) is 0.479. The SMILES string of the molecule is COc1ccc(/C=N/OC(=O)c2cccs2)c(Cl)c1OC. The average Bonchev–Trinajstić information content (AvgIpc) is 3.02. The van der Waals surface area contributed by atoms with Gasteiger partial charge in [-0.1, -0.05) is 22.8 Å². The molecule has 0 bridgehead atoms. The lowest BCUT2D eigenvalue weighted by molar-refractivity contribution is 0.0525. The van der Waals surface area contributed by atoms with E-state index in [1.165, 1.54) is 31.8 Å². The van der Waals surface area contributed by atoms with Gasteiger partial charge < -0.3 is 14.3 Å². The van der Waals surface area contributed by atoms with Crippen molar-refractivity contribution in [2.75, 3.05) is 14.2 Å². The first-order valence-corrected chi connectivity index (χ1v) is 7.11. The van der Waals surface area contributed by atoms with E-state index in [4.69, 9.17) is 25.9 Å². The monoisotopic (exact) mass is 325 g/mol. The van der Waals surface area contributed by atoms with Crippen LogP contribution in [0, 0.1) is 0 Å². The van der Waals surface area contributed by atoms with Crippen LogP contribution in [0.5, 0.6) is 11.5 Å². The van der Waals surface area contributed by atoms with Gasteiger partial charge in [0.2, 0.25) is 0 Å². The molecule has 0 unspecified atom stereocenters. The number of halogens is 1. The normalized spacial score (nSPS) is 10.6. The van der Waals surface area contributed by atoms with Crippen LogP contribution in [0.4, 0.5) is 0 Å². The molecule has 7 heteroatoms. The van der Waals surface area contributed by atoms with E-state index in [1.54, 1.807) is 29.6 Å². The molecular weight excluding hydrogens is 314 g/mol. The maximum absolute atomic E-state index is 11.6. The van der Waals surface area contributed by atoms with E-state index >= 15 is 0 Å². The molecule has 0 aliphatic heterocycles. The highest BCUT2D eigenvalue weighted by Gasteiger charge is 2.12. The number of hydrogen-bond donors (Lipinski definition) is 0. The minimum Gasteiger partial charge on any atom is -0.493 e. The predicted molar refractivity (Wildman–Crippen MR) is 81.9 cm³/mol. The number of rotatable bonds is 5. The summed E-state index contributed by atoms with van der Waals surface area (Å²) in [6.07, 6.45) is 1.34. The van der Waals surface area contributed by atoms with Crippen LogP contribution in [0.25, 0.3) is 0 Å². The molecule has 0 aliphatic carbocycles. The summed E-state index contributed by atoms with van der Waals surface area (Å²) in [5, 5.41) is 5.75. The average molecular weight is 326 g/mol. The summed E-state index contributed by atoms with van der Waals surface area (Å²) in [7, 11) is 3.01. The molecule has 0 spiro atoms. The first-order chi connectivity index (χ1) is 10.2. The molecular formula is C14H12ClNO4S. The number of benzene rings is 1. The molecule has 1 aromatic heterocycles. The molecule has 0 radical (unpaired) electrons. The maximum atomic E-state index is 11.6. The van der Waals surface area contributed by atoms with Crippen molar-refractivity contribution in [1.82, 2.24) is 0 Å². The third kappa shape index (κ3) is 3.53. The molecule has 0 atom stereocenters. The molecule has 0 fully saturated rings. The van der Waals surface area contributed by atoms with Crippen molar-refractivity contribution >= 4 is 35.1 Å². The summed E-state index contributed by atoms with van der Waals surface area (Å²) in [6, 6.07) is 6.79. The number of carbonyl (C=O) groups excluding carboxylic acids is 1. The lowest BCUT2D eigenvalue weighted by atomic mass is 10.2. The van der Waals surface area contributed by atoms with Gasteiger partial charge in [0, 0.05) is 5.56 Å². The second-order valence-electron chi connectivity index (χ2n) is 3.79. The number of methoxy groups -OCH3 is 2. The van der Waals surface area contributed by atoms with Crippen LogP contribution < -0.4 is 9.47 Å². The fourth-order valence-corrected chi connectivity index (χ4v) is 2.45. The topological polar surface area (TPSA) is 57.1 Å². The molecule has 0 aliphatic rings. The molecule has 21 heavy (non-hydrogen) atoms. The fraction of sp³-hybridized carbons (Fsp3) is 0.143. The molecule has 1 heterocycles. The Morgan fingerprint density at radius 1 is 1.29 bits per heavy atom. The standard InChI is InChI=1S/C14H12ClNO4S/c1-18-10-6-5-9(12(15)13(10)19-2)8-16-20-14(17)11-4-3-7-21-11/h3-8H,1-2H3/b16-8+. The van der Waals surface area contributed by atoms with Crippen LogP contribution in [0.3, 0.4) is 0 Å². The van der Waals surface area contributed by atoms with Gasteiger partial charge in [0.25, 0.3) is 0 Å². The third-order valence-electron chi connectivity index (χ3n) is 2.56. The number of oxime groups is 1. The first-order valence-electron chi connectivity index (χ1n) is 5.86. The zero-order valence-electron chi connectivity index (χ0n) is 11.3. The second-order valence-corrected chi connectivity index (χ2v) is 5.12. The maximum Gasteiger partial charge on any atom is 0.375 e. The minimum atomic E-state index is -0.516. The summed E-state index contributed by atoms with van der Waals surface area (Å²) in [5.74, 6) is 0.390. The van der Waals surface area contributed by atoms with Gasteiger partial charge in [-0.15, -0.1) is 11.3 Å². The summed E-state index contributed by atoms with van der Waals surface area (Å²) in [6.45, 7) is 0. The Bertz CT molecular complexity index is 655. The van der Waals surface area contributed by atoms with Gasteiger partial charge in [-0.3, -0.25) is 0 Å². The summed E-state index contributed by atoms with van der Waals surface area (Å²) in [4.78, 5) is 16.9. The van der Waals surface area contributed by atoms with Crippen molar-refractivity contribution in [3.8, 4) is 11.5 Å². The van der Waals surface area contributed by atoms with E-state index < -0.39 is 5.97 Å². The molecule has 1 aromatic carbocycles. The van der Waals surface area contributed by atoms with E-state index in [0.717, 1.165) is 0 Å². The largest absolute Gasteiger partial charge is 0.493 e. The van der Waals surface area contributed by atoms with Crippen LogP contribution in [0.2, 0.25) is 5.02 Å². The summed E-state index contributed by atoms with van der Waals surface area (Å²) >= 11 is 7.45. The summed E-state index contributed by atoms with van der Waals surface area (Å²) < 4.78 is 10.3. The predicted octanol–water partition coefficient (Wildman–Crippen LogP) is 3.61. The van der Waals surface area contributed by atoms with E-state index in [-0.39, 0.29) is 0 Å². The highest BCUT2D eigenvalue weighted by molar-refractivity contribution is 7.11. The highest BCUT2D eigenvalue weighted by Crippen LogP contribution is 2.36. The van der Waals surface area contributed by atoms with Crippen molar-refractivity contribution in [2.45, 2.75) is 0 Å². The van der Waals surface area contributed by atoms with Gasteiger partial charge in [-0.05, 0) is 23.6 Å². The van der Waals surface area contributed by atoms with Gasteiger partial charge >= 0.3 is 5.97 Å². The van der Waals surface area contributed by atoms with Crippen LogP contribution in [-0.2, 0) is 4.84 Å². The van der Waals surface area contributed by atoms with Crippen molar-refractivity contribution in [3.63, 3.8) is 0 Å². The third-order valence-corrected chi connectivity index (χ3v) is 3.80. The van der Waals surface area contributed by atoms with Gasteiger partial charge in [0.15, 0.2) is 11.5 Å². The second kappa shape index (κ2) is 7.10. The molecule has 110 valence electrons. The number of thiophene rings is 1. The fourth-order valence-electron chi connectivity index (χ4n) is 1.57. The number of hydrogen-bond acceptors (Lipinski definition) is 6. The molecule has 2 aromatic rings. The van der Waals surface area contributed by atoms with E-state index in [2.05, 4.69) is 5.16 Å². The zero-order chi connectivity index (χ0) is 15.2. The highest BCUT2D eigenvalue weighted by atomic mass is 35.5. The van der Waals surface area contributed by atoms with Crippen LogP contribution >= 0.6 is 22.9 Å². The Hall–Kier alpha value is -2.05. The van der Waals surface area contributed by atoms with Crippen LogP contribution in [-0.4, -0.2) is 26.4 Å². The lowest BCUT2D eigenvalue weighted by Crippen LogP contribution is -1.98. The molecule has 5 nitrogen and oxygen atoms in total. The van der Waals surface area contributed by atoms with Gasteiger partial charge in [0.1, 0.15) is 4.88 Å². The zero-order valence-corrected chi connectivity index (χ0v) is 12.9. The smallest absolute Gasteiger partial charge is 0.375 e. The van der Waals surface area contributed by atoms with Crippen molar-refractivity contribution in [1.29, 1.82) is 0 Å². The van der Waals surface area contributed by atoms with Gasteiger partial charge in [-0.2, -0.15) is 0 Å². The lowest BCUT2D eigenvalue weighted by Gasteiger charge is -2.10. The molecule has 0 saturated heterocycles. The minimum absolute atomic E-state index is 0.327. The van der Waals surface area contributed by atoms with Gasteiger partial charge in [-0.25, -0.2) is 4.79 Å². The van der Waals surface area contributed by atoms with E-state index in [9.17, 15) is 4.79 Å². The molecule has 0 saturated carbocycles. The van der Waals surface area contributed by atoms with Crippen LogP contribution in [0.1, 0.15) is 15.2 Å². The van der Waals surface area contributed by atoms with Crippen LogP contribution in [0.15, 0.2) is 34.8 Å². The van der Waals surface area contributed by atoms with Crippen molar-refractivity contribution in [2.24, 2.45) is 5.16 Å². The Labute approximate surface area is 130 Å². The first kappa shape index (κ1) is 15.3. The Kier molecular flexibility index (Phi) is 5.19. The number of ether oxygens (including phenoxy) is 2. The van der Waals surface area contributed by atoms with Crippen molar-refractivity contribution in [3.05, 3.63) is 45.1 Å².